The molecular weight excluding hydrogens is 561 g/mol. The first-order valence-electron chi connectivity index (χ1n) is 11.8. The molecule has 0 aliphatic heterocycles. The van der Waals surface area contributed by atoms with Crippen LogP contribution in [0, 0.1) is 0 Å². The van der Waals surface area contributed by atoms with Crippen LogP contribution in [0.25, 0.3) is 11.0 Å². The van der Waals surface area contributed by atoms with Gasteiger partial charge in [0.25, 0.3) is 15.9 Å². The normalized spacial score (nSPS) is 13.4. The average molecular weight is 589 g/mol. The van der Waals surface area contributed by atoms with Gasteiger partial charge in [0.2, 0.25) is 16.1 Å². The number of benzene rings is 3. The van der Waals surface area contributed by atoms with Gasteiger partial charge in [-0.2, -0.15) is 8.75 Å². The summed E-state index contributed by atoms with van der Waals surface area (Å²) in [5, 5.41) is 0. The van der Waals surface area contributed by atoms with Crippen molar-refractivity contribution in [3.63, 3.8) is 0 Å². The maximum Gasteiger partial charge on any atom is 0.279 e. The van der Waals surface area contributed by atoms with Gasteiger partial charge in [0, 0.05) is 19.7 Å². The van der Waals surface area contributed by atoms with Crippen molar-refractivity contribution < 1.29 is 26.4 Å². The smallest absolute Gasteiger partial charge is 0.279 e. The van der Waals surface area contributed by atoms with E-state index in [-0.39, 0.29) is 21.0 Å². The third kappa shape index (κ3) is 6.27. The number of rotatable bonds is 8. The summed E-state index contributed by atoms with van der Waals surface area (Å²) in [5.41, 5.74) is 2.25. The van der Waals surface area contributed by atoms with Crippen molar-refractivity contribution in [1.29, 1.82) is 0 Å². The Morgan fingerprint density at radius 1 is 0.872 bits per heavy atom. The van der Waals surface area contributed by atoms with Crippen molar-refractivity contribution in [2.24, 2.45) is 0 Å². The van der Waals surface area contributed by atoms with Crippen LogP contribution in [0.2, 0.25) is 0 Å². The zero-order chi connectivity index (χ0) is 28.6. The van der Waals surface area contributed by atoms with Crippen molar-refractivity contribution >= 4 is 48.7 Å². The monoisotopic (exact) mass is 588 g/mol. The molecule has 0 aliphatic carbocycles. The lowest BCUT2D eigenvalue weighted by Crippen LogP contribution is -2.37. The Morgan fingerprint density at radius 2 is 1.46 bits per heavy atom. The number of nitrogens with one attached hydrogen (secondary N) is 1. The molecule has 3 aromatic carbocycles. The largest absolute Gasteiger partial charge is 0.476 e. The predicted molar refractivity (Wildman–Crippen MR) is 149 cm³/mol. The lowest BCUT2D eigenvalue weighted by molar-refractivity contribution is -0.126. The third-order valence-electron chi connectivity index (χ3n) is 5.94. The summed E-state index contributed by atoms with van der Waals surface area (Å²) in [7, 11) is -5.06. The van der Waals surface area contributed by atoms with E-state index in [0.717, 1.165) is 21.6 Å². The molecule has 206 valence electrons. The number of carbonyl (C=O) groups is 1. The van der Waals surface area contributed by atoms with Gasteiger partial charge in [0.15, 0.2) is 0 Å². The molecule has 1 unspecified atom stereocenters. The van der Waals surface area contributed by atoms with E-state index in [1.165, 1.54) is 50.5 Å². The van der Waals surface area contributed by atoms with Gasteiger partial charge in [-0.3, -0.25) is 4.79 Å². The second kappa shape index (κ2) is 10.6. The summed E-state index contributed by atoms with van der Waals surface area (Å²) >= 11 is 1.00. The highest BCUT2D eigenvalue weighted by Crippen LogP contribution is 2.28. The minimum atomic E-state index is -4.22. The molecule has 1 heterocycles. The molecule has 0 aliphatic rings. The van der Waals surface area contributed by atoms with Gasteiger partial charge in [-0.15, -0.1) is 0 Å². The molecule has 10 nitrogen and oxygen atoms in total. The molecule has 0 radical (unpaired) electrons. The molecule has 0 fully saturated rings. The Hall–Kier alpha value is -3.39. The van der Waals surface area contributed by atoms with E-state index in [1.807, 2.05) is 20.8 Å². The molecule has 0 bridgehead atoms. The van der Waals surface area contributed by atoms with Gasteiger partial charge in [0.1, 0.15) is 16.8 Å². The topological polar surface area (TPSA) is 136 Å². The van der Waals surface area contributed by atoms with Crippen molar-refractivity contribution in [1.82, 2.24) is 17.8 Å². The molecule has 0 spiro atoms. The lowest BCUT2D eigenvalue weighted by atomic mass is 9.87. The lowest BCUT2D eigenvalue weighted by Gasteiger charge is -2.21. The number of carbonyl (C=O) groups excluding carboxylic acids is 1. The average Bonchev–Trinajstić information content (AvgIpc) is 3.34. The molecule has 4 aromatic rings. The highest BCUT2D eigenvalue weighted by molar-refractivity contribution is 7.90. The number of sulfonamides is 2. The van der Waals surface area contributed by atoms with Crippen LogP contribution in [0.3, 0.4) is 0 Å². The highest BCUT2D eigenvalue weighted by Gasteiger charge is 2.29. The molecule has 4 rings (SSSR count). The summed E-state index contributed by atoms with van der Waals surface area (Å²) in [6, 6.07) is 16.7. The molecule has 39 heavy (non-hydrogen) atoms. The van der Waals surface area contributed by atoms with Gasteiger partial charge in [-0.25, -0.2) is 25.9 Å². The minimum Gasteiger partial charge on any atom is -0.476 e. The summed E-state index contributed by atoms with van der Waals surface area (Å²) in [6.45, 7) is 6.03. The molecule has 0 saturated carbocycles. The summed E-state index contributed by atoms with van der Waals surface area (Å²) in [6.07, 6.45) is -1.39. The fourth-order valence-corrected chi connectivity index (χ4v) is 6.05. The predicted octanol–water partition coefficient (Wildman–Crippen LogP) is 3.86. The molecule has 1 atom stereocenters. The maximum atomic E-state index is 13.4. The van der Waals surface area contributed by atoms with Gasteiger partial charge in [-0.05, 0) is 59.5 Å². The van der Waals surface area contributed by atoms with Gasteiger partial charge in [-0.1, -0.05) is 39.0 Å². The number of hydrogen-bond donors (Lipinski definition) is 1. The molecule has 1 aromatic heterocycles. The Balaban J connectivity index is 1.65. The molecule has 1 N–H and O–H groups in total. The second-order valence-corrected chi connectivity index (χ2v) is 14.4. The first-order valence-corrected chi connectivity index (χ1v) is 15.4. The number of ether oxygens (including phenoxy) is 1. The van der Waals surface area contributed by atoms with Crippen LogP contribution in [0.1, 0.15) is 38.0 Å². The van der Waals surface area contributed by atoms with Crippen LogP contribution in [0.4, 0.5) is 0 Å². The Bertz CT molecular complexity index is 1710. The van der Waals surface area contributed by atoms with E-state index in [0.29, 0.717) is 16.6 Å². The van der Waals surface area contributed by atoms with Crippen molar-refractivity contribution in [2.45, 2.75) is 42.1 Å². The minimum absolute atomic E-state index is 0.0390. The van der Waals surface area contributed by atoms with E-state index < -0.39 is 32.1 Å². The van der Waals surface area contributed by atoms with Gasteiger partial charge >= 0.3 is 0 Å². The number of nitrogens with zero attached hydrogens (tertiary/aromatic N) is 3. The molecular formula is C26H28N4O6S3. The highest BCUT2D eigenvalue weighted by atomic mass is 32.2. The Morgan fingerprint density at radius 3 is 2.05 bits per heavy atom. The molecule has 1 amide bonds. The van der Waals surface area contributed by atoms with Crippen LogP contribution >= 0.6 is 11.7 Å². The number of fused-ring (bicyclic) bond motifs is 1. The van der Waals surface area contributed by atoms with E-state index in [4.69, 9.17) is 4.74 Å². The molecule has 0 saturated heterocycles. The quantitative estimate of drug-likeness (QED) is 0.328. The third-order valence-corrected chi connectivity index (χ3v) is 9.69. The van der Waals surface area contributed by atoms with Gasteiger partial charge < -0.3 is 4.74 Å². The van der Waals surface area contributed by atoms with Crippen LogP contribution in [0.15, 0.2) is 76.5 Å². The zero-order valence-corrected chi connectivity index (χ0v) is 24.4. The number of hydrogen-bond acceptors (Lipinski definition) is 9. The van der Waals surface area contributed by atoms with Crippen molar-refractivity contribution in [3.8, 4) is 5.75 Å². The number of amides is 1. The van der Waals surface area contributed by atoms with E-state index in [1.54, 1.807) is 30.3 Å². The van der Waals surface area contributed by atoms with E-state index in [9.17, 15) is 21.6 Å². The summed E-state index contributed by atoms with van der Waals surface area (Å²) in [4.78, 5) is 13.4. The van der Waals surface area contributed by atoms with Crippen molar-refractivity contribution in [2.75, 3.05) is 14.1 Å². The van der Waals surface area contributed by atoms with Gasteiger partial charge in [0.05, 0.1) is 21.5 Å². The van der Waals surface area contributed by atoms with E-state index in [2.05, 4.69) is 13.5 Å². The fourth-order valence-electron chi connectivity index (χ4n) is 3.65. The van der Waals surface area contributed by atoms with Crippen LogP contribution < -0.4 is 9.46 Å². The van der Waals surface area contributed by atoms with E-state index >= 15 is 0 Å². The van der Waals surface area contributed by atoms with Crippen LogP contribution in [-0.2, 0) is 30.3 Å². The maximum absolute atomic E-state index is 13.4. The van der Waals surface area contributed by atoms with Crippen LogP contribution in [0.5, 0.6) is 5.75 Å². The summed E-state index contributed by atoms with van der Waals surface area (Å²) < 4.78 is 68.5. The Kier molecular flexibility index (Phi) is 7.81. The SMILES string of the molecule is CN(C)S(=O)(=O)c1ccc(OC(C(=O)NS(=O)(=O)c2ccc(C(C)(C)C)cc2)c2ccc3nsnc3c2)cc1. The fraction of sp³-hybridized carbons (Fsp3) is 0.269. The Labute approximate surface area is 232 Å². The standard InChI is InChI=1S/C26H28N4O6S3/c1-26(2,3)18-7-11-20(12-8-18)38(32,33)29-25(31)24(17-6-15-22-23(16-17)28-37-27-22)36-19-9-13-21(14-10-19)39(34,35)30(4)5/h6-16,24H,1-5H3,(H,29,31). The first-order chi connectivity index (χ1) is 18.2. The zero-order valence-electron chi connectivity index (χ0n) is 21.9. The van der Waals surface area contributed by atoms with Crippen LogP contribution in [-0.4, -0.2) is 49.9 Å². The van der Waals surface area contributed by atoms with Crippen molar-refractivity contribution in [3.05, 3.63) is 77.9 Å². The first kappa shape index (κ1) is 28.6. The summed E-state index contributed by atoms with van der Waals surface area (Å²) in [5.74, 6) is -0.765. The second-order valence-electron chi connectivity index (χ2n) is 10.0. The molecule has 13 heteroatoms. The number of aromatic nitrogens is 2.